The van der Waals surface area contributed by atoms with Crippen LogP contribution in [0.15, 0.2) is 53.8 Å². The SMILES string of the molecule is C/C=C1/[C@H](O[C@@H]2O[C@H](CO)[C@@H](O)[C@H](O)[C@H]2O)OC=C(C(=O)O)[C@H]1CC(=O)SCCc1ccccc1. The molecule has 2 heterocycles. The standard InChI is InChI=1S/C24H30O10S/c1-2-14-15(10-18(26)35-9-8-13-6-4-3-5-7-13)16(22(30)31)12-32-23(14)34-24-21(29)20(28)19(27)17(11-25)33-24/h2-7,12,15,17,19-21,23-25,27-29H,8-11H2,1H3,(H,30,31)/b14-2+/t15-,17+,19+,20-,21+,23-,24-/m0/s1. The molecule has 1 saturated heterocycles. The lowest BCUT2D eigenvalue weighted by molar-refractivity contribution is -0.327. The van der Waals surface area contributed by atoms with E-state index in [4.69, 9.17) is 14.2 Å². The molecule has 7 atom stereocenters. The van der Waals surface area contributed by atoms with Crippen molar-refractivity contribution in [2.45, 2.75) is 56.8 Å². The summed E-state index contributed by atoms with van der Waals surface area (Å²) >= 11 is 1.11. The second-order valence-electron chi connectivity index (χ2n) is 8.18. The summed E-state index contributed by atoms with van der Waals surface area (Å²) in [5.41, 5.74) is 1.30. The Kier molecular flexibility index (Phi) is 9.87. The van der Waals surface area contributed by atoms with Gasteiger partial charge in [0.25, 0.3) is 0 Å². The normalized spacial score (nSPS) is 32.1. The molecule has 0 unspecified atom stereocenters. The van der Waals surface area contributed by atoms with Crippen LogP contribution in [-0.4, -0.2) is 86.0 Å². The van der Waals surface area contributed by atoms with E-state index < -0.39 is 55.5 Å². The van der Waals surface area contributed by atoms with Gasteiger partial charge in [-0.3, -0.25) is 4.79 Å². The number of benzene rings is 1. The Labute approximate surface area is 206 Å². The third kappa shape index (κ3) is 6.70. The van der Waals surface area contributed by atoms with Crippen molar-refractivity contribution in [1.82, 2.24) is 0 Å². The number of aliphatic carboxylic acids is 1. The van der Waals surface area contributed by atoms with E-state index in [1.165, 1.54) is 0 Å². The first-order valence-corrected chi connectivity index (χ1v) is 12.2. The van der Waals surface area contributed by atoms with Crippen molar-refractivity contribution in [3.8, 4) is 0 Å². The third-order valence-corrected chi connectivity index (χ3v) is 6.82. The summed E-state index contributed by atoms with van der Waals surface area (Å²) < 4.78 is 16.5. The average Bonchev–Trinajstić information content (AvgIpc) is 2.85. The second kappa shape index (κ2) is 12.6. The van der Waals surface area contributed by atoms with Crippen LogP contribution in [0.2, 0.25) is 0 Å². The number of aliphatic hydroxyl groups excluding tert-OH is 4. The number of allylic oxidation sites excluding steroid dienone is 1. The fourth-order valence-corrected chi connectivity index (χ4v) is 4.82. The number of carboxylic acids is 1. The largest absolute Gasteiger partial charge is 0.478 e. The number of aryl methyl sites for hydroxylation is 1. The van der Waals surface area contributed by atoms with Gasteiger partial charge in [0, 0.05) is 23.7 Å². The average molecular weight is 511 g/mol. The van der Waals surface area contributed by atoms with Crippen LogP contribution in [-0.2, 0) is 30.2 Å². The molecule has 3 rings (SSSR count). The van der Waals surface area contributed by atoms with Gasteiger partial charge in [0.1, 0.15) is 24.4 Å². The molecule has 1 aromatic carbocycles. The molecule has 10 nitrogen and oxygen atoms in total. The summed E-state index contributed by atoms with van der Waals surface area (Å²) in [5.74, 6) is -1.56. The van der Waals surface area contributed by atoms with Gasteiger partial charge in [0.05, 0.1) is 18.4 Å². The molecule has 5 N–H and O–H groups in total. The number of hydrogen-bond donors (Lipinski definition) is 5. The molecule has 2 aliphatic heterocycles. The van der Waals surface area contributed by atoms with E-state index in [0.717, 1.165) is 23.6 Å². The predicted molar refractivity (Wildman–Crippen MR) is 125 cm³/mol. The molecule has 0 amide bonds. The topological polar surface area (TPSA) is 163 Å². The minimum atomic E-state index is -1.66. The Morgan fingerprint density at radius 2 is 1.83 bits per heavy atom. The van der Waals surface area contributed by atoms with Crippen molar-refractivity contribution in [3.63, 3.8) is 0 Å². The third-order valence-electron chi connectivity index (χ3n) is 5.92. The maximum absolute atomic E-state index is 12.7. The van der Waals surface area contributed by atoms with Crippen LogP contribution >= 0.6 is 11.8 Å². The van der Waals surface area contributed by atoms with Gasteiger partial charge >= 0.3 is 5.97 Å². The van der Waals surface area contributed by atoms with Crippen LogP contribution in [0.1, 0.15) is 18.9 Å². The molecule has 0 radical (unpaired) electrons. The Morgan fingerprint density at radius 3 is 2.46 bits per heavy atom. The molecule has 0 aromatic heterocycles. The van der Waals surface area contributed by atoms with Crippen LogP contribution in [0.5, 0.6) is 0 Å². The zero-order valence-corrected chi connectivity index (χ0v) is 19.9. The fourth-order valence-electron chi connectivity index (χ4n) is 3.97. The Balaban J connectivity index is 1.69. The molecule has 11 heteroatoms. The van der Waals surface area contributed by atoms with Gasteiger partial charge in [0.15, 0.2) is 11.4 Å². The van der Waals surface area contributed by atoms with Crippen LogP contribution in [0.3, 0.4) is 0 Å². The lowest BCUT2D eigenvalue weighted by Crippen LogP contribution is -2.60. The molecule has 1 fully saturated rings. The number of aliphatic hydroxyl groups is 4. The van der Waals surface area contributed by atoms with Crippen LogP contribution in [0.25, 0.3) is 0 Å². The van der Waals surface area contributed by atoms with Crippen molar-refractivity contribution in [3.05, 3.63) is 59.4 Å². The van der Waals surface area contributed by atoms with Gasteiger partial charge in [-0.15, -0.1) is 0 Å². The van der Waals surface area contributed by atoms with E-state index in [0.29, 0.717) is 17.7 Å². The number of thioether (sulfide) groups is 1. The van der Waals surface area contributed by atoms with E-state index >= 15 is 0 Å². The first-order valence-electron chi connectivity index (χ1n) is 11.2. The van der Waals surface area contributed by atoms with Gasteiger partial charge in [0.2, 0.25) is 6.29 Å². The van der Waals surface area contributed by atoms with Crippen LogP contribution < -0.4 is 0 Å². The van der Waals surface area contributed by atoms with Gasteiger partial charge in [-0.05, 0) is 18.9 Å². The highest BCUT2D eigenvalue weighted by atomic mass is 32.2. The molecule has 0 aliphatic carbocycles. The Hall–Kier alpha value is -2.25. The monoisotopic (exact) mass is 510 g/mol. The molecular weight excluding hydrogens is 480 g/mol. The van der Waals surface area contributed by atoms with E-state index in [9.17, 15) is 35.1 Å². The number of carbonyl (C=O) groups is 2. The maximum atomic E-state index is 12.7. The number of ether oxygens (including phenoxy) is 3. The molecule has 0 saturated carbocycles. The number of carboxylic acid groups (broad SMARTS) is 1. The summed E-state index contributed by atoms with van der Waals surface area (Å²) in [6, 6.07) is 9.68. The van der Waals surface area contributed by atoms with Crippen molar-refractivity contribution in [2.75, 3.05) is 12.4 Å². The summed E-state index contributed by atoms with van der Waals surface area (Å²) in [7, 11) is 0. The quantitative estimate of drug-likeness (QED) is 0.295. The van der Waals surface area contributed by atoms with Gasteiger partial charge in [-0.25, -0.2) is 4.79 Å². The highest BCUT2D eigenvalue weighted by molar-refractivity contribution is 8.13. The highest BCUT2D eigenvalue weighted by Crippen LogP contribution is 2.36. The highest BCUT2D eigenvalue weighted by Gasteiger charge is 2.46. The summed E-state index contributed by atoms with van der Waals surface area (Å²) in [6.07, 6.45) is -5.62. The van der Waals surface area contributed by atoms with E-state index in [2.05, 4.69) is 0 Å². The maximum Gasteiger partial charge on any atom is 0.335 e. The van der Waals surface area contributed by atoms with E-state index in [1.807, 2.05) is 30.3 Å². The van der Waals surface area contributed by atoms with Crippen LogP contribution in [0, 0.1) is 5.92 Å². The Bertz CT molecular complexity index is 931. The second-order valence-corrected chi connectivity index (χ2v) is 9.33. The fraction of sp³-hybridized carbons (Fsp3) is 0.500. The first-order chi connectivity index (χ1) is 16.8. The molecule has 35 heavy (non-hydrogen) atoms. The van der Waals surface area contributed by atoms with Gasteiger partial charge in [-0.1, -0.05) is 48.2 Å². The number of carbonyl (C=O) groups excluding carboxylic acids is 1. The number of rotatable bonds is 9. The summed E-state index contributed by atoms with van der Waals surface area (Å²) in [5, 5.41) is 49.1. The summed E-state index contributed by atoms with van der Waals surface area (Å²) in [4.78, 5) is 24.6. The van der Waals surface area contributed by atoms with Gasteiger partial charge < -0.3 is 39.7 Å². The van der Waals surface area contributed by atoms with Crippen molar-refractivity contribution >= 4 is 22.8 Å². The molecule has 2 aliphatic rings. The van der Waals surface area contributed by atoms with Crippen molar-refractivity contribution < 1.29 is 49.3 Å². The zero-order valence-electron chi connectivity index (χ0n) is 19.1. The minimum Gasteiger partial charge on any atom is -0.478 e. The van der Waals surface area contributed by atoms with E-state index in [1.54, 1.807) is 13.0 Å². The van der Waals surface area contributed by atoms with Crippen molar-refractivity contribution in [1.29, 1.82) is 0 Å². The molecule has 0 bridgehead atoms. The molecular formula is C24H30O10S. The zero-order chi connectivity index (χ0) is 25.5. The Morgan fingerprint density at radius 1 is 1.11 bits per heavy atom. The first kappa shape index (κ1) is 27.3. The van der Waals surface area contributed by atoms with Gasteiger partial charge in [-0.2, -0.15) is 0 Å². The molecule has 1 aromatic rings. The predicted octanol–water partition coefficient (Wildman–Crippen LogP) is 0.583. The van der Waals surface area contributed by atoms with Crippen LogP contribution in [0.4, 0.5) is 0 Å². The van der Waals surface area contributed by atoms with E-state index in [-0.39, 0.29) is 17.1 Å². The summed E-state index contributed by atoms with van der Waals surface area (Å²) in [6.45, 7) is 1.00. The lowest BCUT2D eigenvalue weighted by atomic mass is 9.86. The minimum absolute atomic E-state index is 0.116. The lowest BCUT2D eigenvalue weighted by Gasteiger charge is -2.41. The molecule has 192 valence electrons. The smallest absolute Gasteiger partial charge is 0.335 e. The number of hydrogen-bond acceptors (Lipinski definition) is 10. The molecule has 0 spiro atoms. The van der Waals surface area contributed by atoms with Crippen molar-refractivity contribution in [2.24, 2.45) is 5.92 Å².